The Morgan fingerprint density at radius 1 is 0.974 bits per heavy atom. The highest BCUT2D eigenvalue weighted by Gasteiger charge is 2.62. The molecule has 7 nitrogen and oxygen atoms in total. The van der Waals surface area contributed by atoms with Gasteiger partial charge in [0.15, 0.2) is 0 Å². The standard InChI is InChI=1S/C20H18Cl2F3N3O2.C7H7NO/c1-28(2)10-12-5-11(3-4-16(12)18(26)29)17-9-19(30-27-17,20(23,24)25)13-6-14(21)8-15(22)7-13;8-7(9)6-4-2-1-3-5-6/h3-8H,9-10H2,1-2H3,(H2,26,29);1-5H,(H2,8,9). The quantitative estimate of drug-likeness (QED) is 0.399. The molecule has 1 unspecified atom stereocenters. The van der Waals surface area contributed by atoms with Gasteiger partial charge in [-0.3, -0.25) is 9.59 Å². The fourth-order valence-electron chi connectivity index (χ4n) is 3.93. The van der Waals surface area contributed by atoms with Crippen molar-refractivity contribution in [3.63, 3.8) is 0 Å². The lowest BCUT2D eigenvalue weighted by Gasteiger charge is -2.29. The molecule has 0 spiro atoms. The lowest BCUT2D eigenvalue weighted by molar-refractivity contribution is -0.275. The highest BCUT2D eigenvalue weighted by molar-refractivity contribution is 6.34. The van der Waals surface area contributed by atoms with Crippen molar-refractivity contribution in [2.24, 2.45) is 16.6 Å². The molecule has 1 aliphatic heterocycles. The van der Waals surface area contributed by atoms with E-state index in [2.05, 4.69) is 5.16 Å². The van der Waals surface area contributed by atoms with Crippen molar-refractivity contribution in [3.8, 4) is 0 Å². The lowest BCUT2D eigenvalue weighted by atomic mass is 9.86. The Bertz CT molecular complexity index is 1380. The van der Waals surface area contributed by atoms with E-state index in [-0.39, 0.29) is 32.8 Å². The van der Waals surface area contributed by atoms with E-state index < -0.39 is 24.1 Å². The topological polar surface area (TPSA) is 111 Å². The number of alkyl halides is 3. The number of amides is 2. The Kier molecular flexibility index (Phi) is 9.26. The first-order valence-electron chi connectivity index (χ1n) is 11.4. The number of hydrogen-bond acceptors (Lipinski definition) is 5. The Hall–Kier alpha value is -3.60. The van der Waals surface area contributed by atoms with Crippen LogP contribution >= 0.6 is 23.2 Å². The van der Waals surface area contributed by atoms with Crippen LogP contribution in [0.25, 0.3) is 0 Å². The van der Waals surface area contributed by atoms with Crippen LogP contribution < -0.4 is 11.5 Å². The largest absolute Gasteiger partial charge is 0.435 e. The maximum Gasteiger partial charge on any atom is 0.435 e. The summed E-state index contributed by atoms with van der Waals surface area (Å²) in [5.41, 5.74) is 9.32. The molecule has 0 radical (unpaired) electrons. The van der Waals surface area contributed by atoms with Crippen molar-refractivity contribution < 1.29 is 27.6 Å². The minimum Gasteiger partial charge on any atom is -0.374 e. The van der Waals surface area contributed by atoms with Crippen molar-refractivity contribution in [1.29, 1.82) is 0 Å². The highest BCUT2D eigenvalue weighted by Crippen LogP contribution is 2.49. The van der Waals surface area contributed by atoms with Crippen molar-refractivity contribution in [1.82, 2.24) is 4.90 Å². The first kappa shape index (κ1) is 29.9. The lowest BCUT2D eigenvalue weighted by Crippen LogP contribution is -2.42. The molecule has 0 aromatic heterocycles. The van der Waals surface area contributed by atoms with E-state index in [0.717, 1.165) is 12.1 Å². The molecule has 1 atom stereocenters. The van der Waals surface area contributed by atoms with Gasteiger partial charge in [0, 0.05) is 39.7 Å². The van der Waals surface area contributed by atoms with Crippen LogP contribution in [0.4, 0.5) is 13.2 Å². The molecule has 0 bridgehead atoms. The Labute approximate surface area is 233 Å². The normalized spacial score (nSPS) is 16.7. The molecule has 4 rings (SSSR count). The van der Waals surface area contributed by atoms with E-state index in [1.807, 2.05) is 11.0 Å². The summed E-state index contributed by atoms with van der Waals surface area (Å²) >= 11 is 11.8. The number of primary amides is 2. The number of rotatable bonds is 6. The van der Waals surface area contributed by atoms with E-state index in [4.69, 9.17) is 39.5 Å². The molecule has 1 aliphatic rings. The molecule has 12 heteroatoms. The van der Waals surface area contributed by atoms with E-state index in [9.17, 15) is 22.8 Å². The van der Waals surface area contributed by atoms with Crippen molar-refractivity contribution in [2.45, 2.75) is 24.7 Å². The summed E-state index contributed by atoms with van der Waals surface area (Å²) < 4.78 is 42.4. The number of halogens is 5. The fourth-order valence-corrected chi connectivity index (χ4v) is 4.46. The third-order valence-corrected chi connectivity index (χ3v) is 6.20. The van der Waals surface area contributed by atoms with Gasteiger partial charge in [-0.25, -0.2) is 0 Å². The molecular weight excluding hydrogens is 556 g/mol. The number of benzene rings is 3. The fraction of sp³-hybridized carbons (Fsp3) is 0.222. The molecule has 2 amide bonds. The smallest absolute Gasteiger partial charge is 0.374 e. The average Bonchev–Trinajstić information content (AvgIpc) is 3.31. The van der Waals surface area contributed by atoms with E-state index >= 15 is 0 Å². The Morgan fingerprint density at radius 3 is 2.08 bits per heavy atom. The van der Waals surface area contributed by atoms with Gasteiger partial charge in [-0.1, -0.05) is 52.6 Å². The molecule has 0 saturated heterocycles. The van der Waals surface area contributed by atoms with Crippen LogP contribution in [0, 0.1) is 0 Å². The average molecular weight is 581 g/mol. The second kappa shape index (κ2) is 12.1. The van der Waals surface area contributed by atoms with Gasteiger partial charge in [0.1, 0.15) is 0 Å². The summed E-state index contributed by atoms with van der Waals surface area (Å²) in [4.78, 5) is 28.9. The molecular formula is C27H25Cl2F3N4O3. The molecule has 1 heterocycles. The SMILES string of the molecule is CN(C)Cc1cc(C2=NOC(c3cc(Cl)cc(Cl)c3)(C(F)(F)F)C2)ccc1C(N)=O.NC(=O)c1ccccc1. The van der Waals surface area contributed by atoms with Crippen LogP contribution in [0.5, 0.6) is 0 Å². The predicted octanol–water partition coefficient (Wildman–Crippen LogP) is 5.52. The predicted molar refractivity (Wildman–Crippen MR) is 144 cm³/mol. The number of nitrogens with zero attached hydrogens (tertiary/aromatic N) is 2. The second-order valence-corrected chi connectivity index (χ2v) is 9.87. The summed E-state index contributed by atoms with van der Waals surface area (Å²) in [6.45, 7) is 0.370. The third kappa shape index (κ3) is 7.08. The van der Waals surface area contributed by atoms with Crippen LogP contribution in [-0.2, 0) is 17.0 Å². The van der Waals surface area contributed by atoms with Gasteiger partial charge in [-0.2, -0.15) is 13.2 Å². The zero-order chi connectivity index (χ0) is 29.0. The summed E-state index contributed by atoms with van der Waals surface area (Å²) in [6, 6.07) is 17.0. The maximum atomic E-state index is 14.1. The van der Waals surface area contributed by atoms with Crippen LogP contribution in [-0.4, -0.2) is 42.7 Å². The Balaban J connectivity index is 0.000000395. The molecule has 0 aliphatic carbocycles. The summed E-state index contributed by atoms with van der Waals surface area (Å²) in [7, 11) is 3.59. The van der Waals surface area contributed by atoms with Gasteiger partial charge in [0.05, 0.1) is 5.71 Å². The van der Waals surface area contributed by atoms with Crippen molar-refractivity contribution >= 4 is 40.7 Å². The van der Waals surface area contributed by atoms with Gasteiger partial charge in [0.2, 0.25) is 11.8 Å². The number of nitrogens with two attached hydrogens (primary N) is 2. The number of hydrogen-bond donors (Lipinski definition) is 2. The van der Waals surface area contributed by atoms with E-state index in [0.29, 0.717) is 23.2 Å². The molecule has 3 aromatic rings. The van der Waals surface area contributed by atoms with Crippen LogP contribution in [0.1, 0.15) is 43.8 Å². The zero-order valence-corrected chi connectivity index (χ0v) is 22.4. The zero-order valence-electron chi connectivity index (χ0n) is 20.9. The van der Waals surface area contributed by atoms with Gasteiger partial charge >= 0.3 is 6.18 Å². The highest BCUT2D eigenvalue weighted by atomic mass is 35.5. The van der Waals surface area contributed by atoms with E-state index in [1.54, 1.807) is 44.4 Å². The van der Waals surface area contributed by atoms with Crippen molar-refractivity contribution in [2.75, 3.05) is 14.1 Å². The minimum absolute atomic E-state index is 0.0530. The van der Waals surface area contributed by atoms with Gasteiger partial charge in [0.25, 0.3) is 5.60 Å². The van der Waals surface area contributed by atoms with Crippen molar-refractivity contribution in [3.05, 3.63) is 105 Å². The molecule has 39 heavy (non-hydrogen) atoms. The van der Waals surface area contributed by atoms with Crippen LogP contribution in [0.15, 0.2) is 71.9 Å². The second-order valence-electron chi connectivity index (χ2n) is 8.99. The van der Waals surface area contributed by atoms with Crippen LogP contribution in [0.3, 0.4) is 0 Å². The molecule has 4 N–H and O–H groups in total. The molecule has 206 valence electrons. The summed E-state index contributed by atoms with van der Waals surface area (Å²) in [5.74, 6) is -1.00. The first-order valence-corrected chi connectivity index (χ1v) is 12.2. The number of carbonyl (C=O) groups is 2. The van der Waals surface area contributed by atoms with Gasteiger partial charge < -0.3 is 21.2 Å². The minimum atomic E-state index is -4.79. The molecule has 0 fully saturated rings. The van der Waals surface area contributed by atoms with Gasteiger partial charge in [-0.05, 0) is 67.7 Å². The number of oxime groups is 1. The number of carbonyl (C=O) groups excluding carboxylic acids is 2. The maximum absolute atomic E-state index is 14.1. The monoisotopic (exact) mass is 580 g/mol. The molecule has 3 aromatic carbocycles. The van der Waals surface area contributed by atoms with Crippen LogP contribution in [0.2, 0.25) is 10.0 Å². The Morgan fingerprint density at radius 2 is 1.59 bits per heavy atom. The van der Waals surface area contributed by atoms with E-state index in [1.165, 1.54) is 18.2 Å². The van der Waals surface area contributed by atoms with Gasteiger partial charge in [-0.15, -0.1) is 0 Å². The molecule has 0 saturated carbocycles. The summed E-state index contributed by atoms with van der Waals surface area (Å²) in [5, 5.41) is 3.84. The summed E-state index contributed by atoms with van der Waals surface area (Å²) in [6.07, 6.45) is -5.36. The first-order chi connectivity index (χ1) is 18.2. The third-order valence-electron chi connectivity index (χ3n) is 5.76.